The van der Waals surface area contributed by atoms with E-state index in [1.54, 1.807) is 0 Å². The van der Waals surface area contributed by atoms with Crippen molar-refractivity contribution >= 4 is 35.0 Å². The van der Waals surface area contributed by atoms with Crippen LogP contribution in [0.5, 0.6) is 0 Å². The fourth-order valence-electron chi connectivity index (χ4n) is 2.71. The highest BCUT2D eigenvalue weighted by atomic mass is 32.2. The molecule has 3 nitrogen and oxygen atoms in total. The molecule has 2 aliphatic heterocycles. The molecule has 0 spiro atoms. The SMILES string of the molecule is C[C@@H]1CCC2=C(C1)S[C@@H]1NC(=S)NC(=O)[C@@H]21. The molecule has 0 bridgehead atoms. The zero-order valence-corrected chi connectivity index (χ0v) is 10.7. The first-order valence-electron chi connectivity index (χ1n) is 5.65. The second kappa shape index (κ2) is 3.74. The maximum atomic E-state index is 11.9. The van der Waals surface area contributed by atoms with Crippen molar-refractivity contribution < 1.29 is 4.79 Å². The lowest BCUT2D eigenvalue weighted by molar-refractivity contribution is -0.123. The van der Waals surface area contributed by atoms with E-state index in [0.29, 0.717) is 5.11 Å². The number of hydrogen-bond donors (Lipinski definition) is 2. The van der Waals surface area contributed by atoms with Crippen LogP contribution in [0, 0.1) is 11.8 Å². The summed E-state index contributed by atoms with van der Waals surface area (Å²) in [5, 5.41) is 6.56. The van der Waals surface area contributed by atoms with Gasteiger partial charge in [0.1, 0.15) is 0 Å². The molecule has 16 heavy (non-hydrogen) atoms. The van der Waals surface area contributed by atoms with Gasteiger partial charge < -0.3 is 10.6 Å². The number of thioether (sulfide) groups is 1. The van der Waals surface area contributed by atoms with Crippen molar-refractivity contribution in [1.29, 1.82) is 0 Å². The van der Waals surface area contributed by atoms with E-state index in [2.05, 4.69) is 17.6 Å². The van der Waals surface area contributed by atoms with E-state index >= 15 is 0 Å². The van der Waals surface area contributed by atoms with Crippen LogP contribution in [0.3, 0.4) is 0 Å². The van der Waals surface area contributed by atoms with Crippen molar-refractivity contribution in [3.63, 3.8) is 0 Å². The second-order valence-electron chi connectivity index (χ2n) is 4.78. The Hall–Kier alpha value is -0.550. The van der Waals surface area contributed by atoms with Crippen molar-refractivity contribution in [2.45, 2.75) is 31.6 Å². The normalized spacial score (nSPS) is 37.7. The molecule has 86 valence electrons. The molecule has 1 fully saturated rings. The Bertz CT molecular complexity index is 405. The summed E-state index contributed by atoms with van der Waals surface area (Å²) in [6, 6.07) is 0. The summed E-state index contributed by atoms with van der Waals surface area (Å²) in [5.74, 6) is 0.849. The third-order valence-electron chi connectivity index (χ3n) is 3.54. The number of amides is 1. The minimum Gasteiger partial charge on any atom is -0.349 e. The smallest absolute Gasteiger partial charge is 0.236 e. The van der Waals surface area contributed by atoms with Gasteiger partial charge in [0.2, 0.25) is 5.91 Å². The highest BCUT2D eigenvalue weighted by Crippen LogP contribution is 2.49. The van der Waals surface area contributed by atoms with Gasteiger partial charge in [-0.25, -0.2) is 0 Å². The second-order valence-corrected chi connectivity index (χ2v) is 6.42. The predicted octanol–water partition coefficient (Wildman–Crippen LogP) is 1.75. The molecular formula is C11H14N2OS2. The van der Waals surface area contributed by atoms with Gasteiger partial charge in [-0.15, -0.1) is 11.8 Å². The zero-order valence-electron chi connectivity index (χ0n) is 9.08. The number of allylic oxidation sites excluding steroid dienone is 1. The van der Waals surface area contributed by atoms with Crippen LogP contribution < -0.4 is 10.6 Å². The Morgan fingerprint density at radius 2 is 2.31 bits per heavy atom. The summed E-state index contributed by atoms with van der Waals surface area (Å²) in [7, 11) is 0. The van der Waals surface area contributed by atoms with E-state index in [1.165, 1.54) is 16.9 Å². The molecule has 0 unspecified atom stereocenters. The highest BCUT2D eigenvalue weighted by molar-refractivity contribution is 8.04. The van der Waals surface area contributed by atoms with E-state index in [4.69, 9.17) is 12.2 Å². The van der Waals surface area contributed by atoms with Gasteiger partial charge in [0, 0.05) is 0 Å². The lowest BCUT2D eigenvalue weighted by Crippen LogP contribution is -2.55. The Labute approximate surface area is 104 Å². The molecule has 3 atom stereocenters. The molecule has 2 N–H and O–H groups in total. The molecular weight excluding hydrogens is 240 g/mol. The van der Waals surface area contributed by atoms with Gasteiger partial charge >= 0.3 is 0 Å². The van der Waals surface area contributed by atoms with Gasteiger partial charge in [0.15, 0.2) is 5.11 Å². The van der Waals surface area contributed by atoms with Crippen LogP contribution in [-0.2, 0) is 4.79 Å². The van der Waals surface area contributed by atoms with Gasteiger partial charge in [-0.1, -0.05) is 6.92 Å². The topological polar surface area (TPSA) is 41.1 Å². The Morgan fingerprint density at radius 1 is 1.50 bits per heavy atom. The Morgan fingerprint density at radius 3 is 3.12 bits per heavy atom. The van der Waals surface area contributed by atoms with Crippen LogP contribution in [0.1, 0.15) is 26.2 Å². The number of rotatable bonds is 0. The molecule has 2 heterocycles. The van der Waals surface area contributed by atoms with Gasteiger partial charge in [-0.2, -0.15) is 0 Å². The quantitative estimate of drug-likeness (QED) is 0.646. The number of carbonyl (C=O) groups excluding carboxylic acids is 1. The van der Waals surface area contributed by atoms with Crippen molar-refractivity contribution in [1.82, 2.24) is 10.6 Å². The van der Waals surface area contributed by atoms with E-state index in [9.17, 15) is 4.79 Å². The van der Waals surface area contributed by atoms with Crippen molar-refractivity contribution in [2.75, 3.05) is 0 Å². The molecule has 3 rings (SSSR count). The summed E-state index contributed by atoms with van der Waals surface area (Å²) < 4.78 is 0. The molecule has 0 aromatic carbocycles. The first kappa shape index (κ1) is 10.6. The minimum atomic E-state index is 0.0131. The number of fused-ring (bicyclic) bond motifs is 2. The van der Waals surface area contributed by atoms with E-state index in [-0.39, 0.29) is 17.2 Å². The standard InChI is InChI=1S/C11H14N2OS2/c1-5-2-3-6-7(4-5)16-10-8(6)9(14)12-11(15)13-10/h5,8,10H,2-4H2,1H3,(H2,12,13,14,15)/t5-,8-,10+/m1/s1. The molecule has 0 saturated carbocycles. The monoisotopic (exact) mass is 254 g/mol. The van der Waals surface area contributed by atoms with Crippen molar-refractivity contribution in [3.8, 4) is 0 Å². The summed E-state index contributed by atoms with van der Waals surface area (Å²) in [4.78, 5) is 13.4. The maximum absolute atomic E-state index is 11.9. The first-order chi connectivity index (χ1) is 7.65. The first-order valence-corrected chi connectivity index (χ1v) is 6.94. The van der Waals surface area contributed by atoms with Crippen LogP contribution >= 0.6 is 24.0 Å². The van der Waals surface area contributed by atoms with E-state index in [0.717, 1.165) is 18.8 Å². The number of nitrogens with one attached hydrogen (secondary N) is 2. The zero-order chi connectivity index (χ0) is 11.3. The minimum absolute atomic E-state index is 0.0131. The lowest BCUT2D eigenvalue weighted by Gasteiger charge is -2.29. The molecule has 1 amide bonds. The summed E-state index contributed by atoms with van der Waals surface area (Å²) >= 11 is 6.83. The molecule has 1 saturated heterocycles. The average Bonchev–Trinajstić information content (AvgIpc) is 2.54. The molecule has 0 aromatic heterocycles. The fourth-order valence-corrected chi connectivity index (χ4v) is 4.68. The predicted molar refractivity (Wildman–Crippen MR) is 68.8 cm³/mol. The number of hydrogen-bond acceptors (Lipinski definition) is 3. The molecule has 3 aliphatic rings. The lowest BCUT2D eigenvalue weighted by atomic mass is 9.84. The molecule has 5 heteroatoms. The van der Waals surface area contributed by atoms with Crippen molar-refractivity contribution in [3.05, 3.63) is 10.5 Å². The summed E-state index contributed by atoms with van der Waals surface area (Å²) in [6.45, 7) is 2.28. The van der Waals surface area contributed by atoms with Crippen LogP contribution in [0.25, 0.3) is 0 Å². The van der Waals surface area contributed by atoms with Crippen LogP contribution in [0.15, 0.2) is 10.5 Å². The third-order valence-corrected chi connectivity index (χ3v) is 5.12. The van der Waals surface area contributed by atoms with Gasteiger partial charge in [-0.05, 0) is 47.9 Å². The van der Waals surface area contributed by atoms with Gasteiger partial charge in [-0.3, -0.25) is 4.79 Å². The van der Waals surface area contributed by atoms with Crippen LogP contribution in [0.2, 0.25) is 0 Å². The van der Waals surface area contributed by atoms with E-state index in [1.807, 2.05) is 11.8 Å². The van der Waals surface area contributed by atoms with E-state index < -0.39 is 0 Å². The average molecular weight is 254 g/mol. The molecule has 1 aliphatic carbocycles. The Balaban J connectivity index is 1.90. The van der Waals surface area contributed by atoms with Gasteiger partial charge in [0.05, 0.1) is 11.3 Å². The summed E-state index contributed by atoms with van der Waals surface area (Å²) in [5.41, 5.74) is 1.36. The molecule has 0 radical (unpaired) electrons. The van der Waals surface area contributed by atoms with Crippen molar-refractivity contribution in [2.24, 2.45) is 11.8 Å². The number of thiocarbonyl (C=S) groups is 1. The molecule has 0 aromatic rings. The largest absolute Gasteiger partial charge is 0.349 e. The third kappa shape index (κ3) is 1.57. The van der Waals surface area contributed by atoms with Crippen LogP contribution in [0.4, 0.5) is 0 Å². The van der Waals surface area contributed by atoms with Gasteiger partial charge in [0.25, 0.3) is 0 Å². The number of carbonyl (C=O) groups is 1. The maximum Gasteiger partial charge on any atom is 0.236 e. The fraction of sp³-hybridized carbons (Fsp3) is 0.636. The summed E-state index contributed by atoms with van der Waals surface area (Å²) in [6.07, 6.45) is 3.42. The highest BCUT2D eigenvalue weighted by Gasteiger charge is 2.44. The van der Waals surface area contributed by atoms with Crippen LogP contribution in [-0.4, -0.2) is 16.4 Å². The Kier molecular flexibility index (Phi) is 2.47.